The smallest absolute Gasteiger partial charge is 0.193 e. The van der Waals surface area contributed by atoms with Gasteiger partial charge in [0.2, 0.25) is 0 Å². The lowest BCUT2D eigenvalue weighted by atomic mass is 9.91. The molecule has 26 heavy (non-hydrogen) atoms. The van der Waals surface area contributed by atoms with E-state index < -0.39 is 0 Å². The number of aromatic nitrogens is 1. The maximum Gasteiger partial charge on any atom is 0.193 e. The lowest BCUT2D eigenvalue weighted by Crippen LogP contribution is -2.21. The molecule has 0 aliphatic heterocycles. The highest BCUT2D eigenvalue weighted by atomic mass is 16.5. The number of aromatic amines is 1. The van der Waals surface area contributed by atoms with Gasteiger partial charge in [-0.25, -0.2) is 0 Å². The Kier molecular flexibility index (Phi) is 4.37. The molecule has 4 rings (SSSR count). The molecule has 1 aliphatic carbocycles. The van der Waals surface area contributed by atoms with Gasteiger partial charge in [-0.1, -0.05) is 29.8 Å². The summed E-state index contributed by atoms with van der Waals surface area (Å²) in [5.41, 5.74) is 6.15. The van der Waals surface area contributed by atoms with Crippen molar-refractivity contribution in [2.75, 3.05) is 0 Å². The van der Waals surface area contributed by atoms with Crippen LogP contribution in [0.15, 0.2) is 53.3 Å². The van der Waals surface area contributed by atoms with Gasteiger partial charge in [0, 0.05) is 22.5 Å². The number of ether oxygens (including phenoxy) is 1. The summed E-state index contributed by atoms with van der Waals surface area (Å²) in [7, 11) is 0. The minimum atomic E-state index is 0.183. The van der Waals surface area contributed by atoms with E-state index in [0.717, 1.165) is 65.3 Å². The van der Waals surface area contributed by atoms with E-state index in [9.17, 15) is 4.79 Å². The van der Waals surface area contributed by atoms with Crippen molar-refractivity contribution in [1.82, 2.24) is 4.98 Å². The van der Waals surface area contributed by atoms with Gasteiger partial charge in [-0.2, -0.15) is 0 Å². The first-order valence-corrected chi connectivity index (χ1v) is 9.21. The number of hydrogen-bond acceptors (Lipinski definition) is 2. The molecule has 0 atom stereocenters. The first-order chi connectivity index (χ1) is 12.6. The summed E-state index contributed by atoms with van der Waals surface area (Å²) in [6, 6.07) is 15.8. The number of H-pyrrole nitrogens is 1. The van der Waals surface area contributed by atoms with Gasteiger partial charge in [-0.15, -0.1) is 0 Å². The quantitative estimate of drug-likeness (QED) is 0.697. The topological polar surface area (TPSA) is 42.1 Å². The second kappa shape index (κ2) is 6.83. The van der Waals surface area contributed by atoms with Crippen molar-refractivity contribution in [1.29, 1.82) is 0 Å². The van der Waals surface area contributed by atoms with Crippen molar-refractivity contribution in [3.8, 4) is 22.6 Å². The summed E-state index contributed by atoms with van der Waals surface area (Å²) in [5, 5.41) is 0. The molecule has 1 N–H and O–H groups in total. The first kappa shape index (κ1) is 16.6. The zero-order valence-corrected chi connectivity index (χ0v) is 15.3. The molecule has 1 heterocycles. The Morgan fingerprint density at radius 3 is 2.15 bits per heavy atom. The number of nitrogens with one attached hydrogen (secondary N) is 1. The fourth-order valence-electron chi connectivity index (χ4n) is 3.68. The Bertz CT molecular complexity index is 982. The molecule has 0 spiro atoms. The SMILES string of the molecule is Cc1ccc(Oc2ccc(-c3c(C)[nH]c4c(c3=O)CCCC4)cc2)cc1. The highest BCUT2D eigenvalue weighted by molar-refractivity contribution is 5.67. The van der Waals surface area contributed by atoms with Crippen molar-refractivity contribution >= 4 is 0 Å². The van der Waals surface area contributed by atoms with Gasteiger partial charge in [0.25, 0.3) is 0 Å². The number of pyridine rings is 1. The number of fused-ring (bicyclic) bond motifs is 1. The zero-order valence-electron chi connectivity index (χ0n) is 15.3. The Morgan fingerprint density at radius 2 is 1.46 bits per heavy atom. The molecule has 0 unspecified atom stereocenters. The van der Waals surface area contributed by atoms with Gasteiger partial charge in [0.05, 0.1) is 0 Å². The number of hydrogen-bond donors (Lipinski definition) is 1. The third-order valence-corrected chi connectivity index (χ3v) is 5.08. The Labute approximate surface area is 153 Å². The van der Waals surface area contributed by atoms with Crippen LogP contribution in [-0.4, -0.2) is 4.98 Å². The molecule has 0 fully saturated rings. The van der Waals surface area contributed by atoms with E-state index in [1.807, 2.05) is 55.5 Å². The largest absolute Gasteiger partial charge is 0.457 e. The van der Waals surface area contributed by atoms with Crippen LogP contribution in [0.25, 0.3) is 11.1 Å². The van der Waals surface area contributed by atoms with Gasteiger partial charge in [0.15, 0.2) is 5.43 Å². The normalized spacial score (nSPS) is 13.3. The minimum Gasteiger partial charge on any atom is -0.457 e. The van der Waals surface area contributed by atoms with E-state index in [0.29, 0.717) is 0 Å². The number of aryl methyl sites for hydroxylation is 3. The predicted molar refractivity (Wildman–Crippen MR) is 105 cm³/mol. The molecule has 2 aromatic carbocycles. The summed E-state index contributed by atoms with van der Waals surface area (Å²) in [6.45, 7) is 4.04. The third kappa shape index (κ3) is 3.17. The average Bonchev–Trinajstić information content (AvgIpc) is 2.65. The molecule has 1 aliphatic rings. The van der Waals surface area contributed by atoms with Gasteiger partial charge >= 0.3 is 0 Å². The van der Waals surface area contributed by atoms with Crippen molar-refractivity contribution in [3.63, 3.8) is 0 Å². The molecule has 1 aromatic heterocycles. The molecule has 3 aromatic rings. The molecule has 0 bridgehead atoms. The molecule has 3 heteroatoms. The van der Waals surface area contributed by atoms with Crippen LogP contribution in [0.4, 0.5) is 0 Å². The van der Waals surface area contributed by atoms with Crippen LogP contribution in [0.2, 0.25) is 0 Å². The minimum absolute atomic E-state index is 0.183. The van der Waals surface area contributed by atoms with Crippen LogP contribution in [-0.2, 0) is 12.8 Å². The van der Waals surface area contributed by atoms with Crippen LogP contribution in [0.5, 0.6) is 11.5 Å². The maximum absolute atomic E-state index is 13.0. The lowest BCUT2D eigenvalue weighted by Gasteiger charge is -2.18. The zero-order chi connectivity index (χ0) is 18.1. The second-order valence-corrected chi connectivity index (χ2v) is 7.06. The Hall–Kier alpha value is -2.81. The highest BCUT2D eigenvalue weighted by Crippen LogP contribution is 2.27. The molecular formula is C23H23NO2. The molecule has 0 radical (unpaired) electrons. The molecule has 0 saturated heterocycles. The van der Waals surface area contributed by atoms with Crippen LogP contribution in [0.3, 0.4) is 0 Å². The fourth-order valence-corrected chi connectivity index (χ4v) is 3.68. The van der Waals surface area contributed by atoms with Crippen LogP contribution in [0, 0.1) is 13.8 Å². The first-order valence-electron chi connectivity index (χ1n) is 9.21. The number of rotatable bonds is 3. The summed E-state index contributed by atoms with van der Waals surface area (Å²) < 4.78 is 5.89. The van der Waals surface area contributed by atoms with E-state index in [1.165, 1.54) is 5.56 Å². The van der Waals surface area contributed by atoms with E-state index >= 15 is 0 Å². The molecule has 3 nitrogen and oxygen atoms in total. The maximum atomic E-state index is 13.0. The lowest BCUT2D eigenvalue weighted by molar-refractivity contribution is 0.482. The molecular weight excluding hydrogens is 322 g/mol. The van der Waals surface area contributed by atoms with E-state index in [1.54, 1.807) is 0 Å². The van der Waals surface area contributed by atoms with E-state index in [4.69, 9.17) is 4.74 Å². The molecule has 0 amide bonds. The van der Waals surface area contributed by atoms with Gasteiger partial charge in [-0.05, 0) is 69.4 Å². The predicted octanol–water partition coefficient (Wildman–Crippen LogP) is 5.33. The van der Waals surface area contributed by atoms with E-state index in [-0.39, 0.29) is 5.43 Å². The third-order valence-electron chi connectivity index (χ3n) is 5.08. The second-order valence-electron chi connectivity index (χ2n) is 7.06. The van der Waals surface area contributed by atoms with Crippen molar-refractivity contribution in [3.05, 3.63) is 81.3 Å². The summed E-state index contributed by atoms with van der Waals surface area (Å²) >= 11 is 0. The average molecular weight is 345 g/mol. The number of benzene rings is 2. The highest BCUT2D eigenvalue weighted by Gasteiger charge is 2.18. The molecule has 0 saturated carbocycles. The van der Waals surface area contributed by atoms with Crippen LogP contribution < -0.4 is 10.2 Å². The van der Waals surface area contributed by atoms with Crippen molar-refractivity contribution in [2.45, 2.75) is 39.5 Å². The summed E-state index contributed by atoms with van der Waals surface area (Å²) in [5.74, 6) is 1.58. The van der Waals surface area contributed by atoms with Gasteiger partial charge in [0.1, 0.15) is 11.5 Å². The van der Waals surface area contributed by atoms with Crippen molar-refractivity contribution in [2.24, 2.45) is 0 Å². The summed E-state index contributed by atoms with van der Waals surface area (Å²) in [6.07, 6.45) is 4.12. The van der Waals surface area contributed by atoms with Gasteiger partial charge < -0.3 is 9.72 Å². The Morgan fingerprint density at radius 1 is 0.846 bits per heavy atom. The fraction of sp³-hybridized carbons (Fsp3) is 0.261. The summed E-state index contributed by atoms with van der Waals surface area (Å²) in [4.78, 5) is 16.5. The Balaban J connectivity index is 1.65. The standard InChI is InChI=1S/C23H23NO2/c1-15-7-11-18(12-8-15)26-19-13-9-17(10-14-19)22-16(2)24-21-6-4-3-5-20(21)23(22)25/h7-14H,3-6H2,1-2H3,(H,24,25). The van der Waals surface area contributed by atoms with Crippen molar-refractivity contribution < 1.29 is 4.74 Å². The molecule has 132 valence electrons. The van der Waals surface area contributed by atoms with E-state index in [2.05, 4.69) is 11.9 Å². The van der Waals surface area contributed by atoms with Gasteiger partial charge in [-0.3, -0.25) is 4.79 Å². The van der Waals surface area contributed by atoms with Crippen LogP contribution >= 0.6 is 0 Å². The van der Waals surface area contributed by atoms with Crippen LogP contribution in [0.1, 0.15) is 35.4 Å². The monoisotopic (exact) mass is 345 g/mol.